The highest BCUT2D eigenvalue weighted by molar-refractivity contribution is 5.79. The fraction of sp³-hybridized carbons (Fsp3) is 0.812. The summed E-state index contributed by atoms with van der Waals surface area (Å²) >= 11 is 0. The maximum atomic E-state index is 5.07. The molecule has 0 unspecified atom stereocenters. The highest BCUT2D eigenvalue weighted by Gasteiger charge is 2.04. The standard InChI is InChI=1S/C16H34N4O/c1-6-8-9-13-20(4)16(17-7-2)18-11-10-12-19(3)14-15-21-5/h6H,1,7-15H2,2-5H3,(H,17,18). The van der Waals surface area contributed by atoms with Crippen molar-refractivity contribution in [3.63, 3.8) is 0 Å². The third-order valence-electron chi connectivity index (χ3n) is 3.23. The van der Waals surface area contributed by atoms with Crippen molar-refractivity contribution in [2.24, 2.45) is 4.99 Å². The Morgan fingerprint density at radius 1 is 1.24 bits per heavy atom. The summed E-state index contributed by atoms with van der Waals surface area (Å²) in [7, 11) is 5.95. The molecule has 0 fully saturated rings. The Labute approximate surface area is 131 Å². The molecule has 0 aliphatic carbocycles. The van der Waals surface area contributed by atoms with E-state index >= 15 is 0 Å². The lowest BCUT2D eigenvalue weighted by Gasteiger charge is -2.22. The van der Waals surface area contributed by atoms with Gasteiger partial charge in [-0.1, -0.05) is 6.08 Å². The van der Waals surface area contributed by atoms with Crippen molar-refractivity contribution in [3.05, 3.63) is 12.7 Å². The summed E-state index contributed by atoms with van der Waals surface area (Å²) in [5.41, 5.74) is 0. The third-order valence-corrected chi connectivity index (χ3v) is 3.23. The van der Waals surface area contributed by atoms with E-state index in [2.05, 4.69) is 42.7 Å². The Kier molecular flexibility index (Phi) is 13.2. The number of likely N-dealkylation sites (N-methyl/N-ethyl adjacent to an activating group) is 1. The maximum Gasteiger partial charge on any atom is 0.193 e. The van der Waals surface area contributed by atoms with Gasteiger partial charge in [-0.25, -0.2) is 0 Å². The molecule has 124 valence electrons. The number of hydrogen-bond acceptors (Lipinski definition) is 3. The highest BCUT2D eigenvalue weighted by Crippen LogP contribution is 1.96. The number of nitrogens with one attached hydrogen (secondary N) is 1. The normalized spacial score (nSPS) is 11.8. The van der Waals surface area contributed by atoms with E-state index in [1.165, 1.54) is 0 Å². The van der Waals surface area contributed by atoms with Crippen molar-refractivity contribution >= 4 is 5.96 Å². The zero-order chi connectivity index (χ0) is 15.9. The summed E-state index contributed by atoms with van der Waals surface area (Å²) in [6.07, 6.45) is 5.20. The van der Waals surface area contributed by atoms with Gasteiger partial charge in [0.05, 0.1) is 6.61 Å². The summed E-state index contributed by atoms with van der Waals surface area (Å²) in [6, 6.07) is 0. The van der Waals surface area contributed by atoms with Crippen LogP contribution < -0.4 is 5.32 Å². The van der Waals surface area contributed by atoms with Gasteiger partial charge < -0.3 is 19.9 Å². The number of hydrogen-bond donors (Lipinski definition) is 1. The first-order valence-electron chi connectivity index (χ1n) is 7.93. The van der Waals surface area contributed by atoms with Crippen molar-refractivity contribution in [3.8, 4) is 0 Å². The molecule has 0 aliphatic heterocycles. The lowest BCUT2D eigenvalue weighted by atomic mass is 10.3. The van der Waals surface area contributed by atoms with Gasteiger partial charge in [-0.05, 0) is 39.8 Å². The number of guanidine groups is 1. The number of allylic oxidation sites excluding steroid dienone is 1. The first-order chi connectivity index (χ1) is 10.2. The van der Waals surface area contributed by atoms with Crippen LogP contribution in [0.3, 0.4) is 0 Å². The summed E-state index contributed by atoms with van der Waals surface area (Å²) in [5.74, 6) is 1.00. The quantitative estimate of drug-likeness (QED) is 0.258. The Hall–Kier alpha value is -1.07. The summed E-state index contributed by atoms with van der Waals surface area (Å²) in [4.78, 5) is 9.17. The van der Waals surface area contributed by atoms with Gasteiger partial charge in [0.2, 0.25) is 0 Å². The fourth-order valence-electron chi connectivity index (χ4n) is 1.93. The zero-order valence-corrected chi connectivity index (χ0v) is 14.4. The lowest BCUT2D eigenvalue weighted by molar-refractivity contribution is 0.161. The van der Waals surface area contributed by atoms with Gasteiger partial charge in [-0.2, -0.15) is 0 Å². The Morgan fingerprint density at radius 3 is 2.62 bits per heavy atom. The smallest absolute Gasteiger partial charge is 0.193 e. The molecule has 0 saturated carbocycles. The lowest BCUT2D eigenvalue weighted by Crippen LogP contribution is -2.39. The van der Waals surface area contributed by atoms with Crippen LogP contribution in [0.25, 0.3) is 0 Å². The highest BCUT2D eigenvalue weighted by atomic mass is 16.5. The molecule has 0 radical (unpaired) electrons. The second-order valence-corrected chi connectivity index (χ2v) is 5.24. The van der Waals surface area contributed by atoms with Crippen molar-refractivity contribution in [1.29, 1.82) is 0 Å². The van der Waals surface area contributed by atoms with Crippen molar-refractivity contribution in [1.82, 2.24) is 15.1 Å². The Balaban J connectivity index is 4.05. The monoisotopic (exact) mass is 298 g/mol. The topological polar surface area (TPSA) is 40.1 Å². The van der Waals surface area contributed by atoms with Crippen LogP contribution in [-0.2, 0) is 4.74 Å². The minimum absolute atomic E-state index is 0.786. The molecule has 0 bridgehead atoms. The summed E-state index contributed by atoms with van der Waals surface area (Å²) in [5, 5.41) is 3.35. The molecule has 0 heterocycles. The first-order valence-corrected chi connectivity index (χ1v) is 7.93. The van der Waals surface area contributed by atoms with Crippen molar-refractivity contribution in [2.75, 3.05) is 60.5 Å². The van der Waals surface area contributed by atoms with Gasteiger partial charge in [0.15, 0.2) is 5.96 Å². The minimum atomic E-state index is 0.786. The molecular formula is C16H34N4O. The zero-order valence-electron chi connectivity index (χ0n) is 14.4. The molecular weight excluding hydrogens is 264 g/mol. The van der Waals surface area contributed by atoms with Crippen LogP contribution in [0, 0.1) is 0 Å². The molecule has 0 saturated heterocycles. The first kappa shape index (κ1) is 19.9. The summed E-state index contributed by atoms with van der Waals surface area (Å²) in [6.45, 7) is 11.4. The Morgan fingerprint density at radius 2 is 2.00 bits per heavy atom. The molecule has 0 aromatic rings. The molecule has 0 aromatic carbocycles. The van der Waals surface area contributed by atoms with Gasteiger partial charge in [0.25, 0.3) is 0 Å². The molecule has 0 aliphatic rings. The van der Waals surface area contributed by atoms with Crippen LogP contribution in [-0.4, -0.2) is 76.3 Å². The summed E-state index contributed by atoms with van der Waals surface area (Å²) < 4.78 is 5.07. The van der Waals surface area contributed by atoms with E-state index in [-0.39, 0.29) is 0 Å². The molecule has 1 N–H and O–H groups in total. The molecule has 0 aromatic heterocycles. The SMILES string of the molecule is C=CCCCN(C)C(=NCCCN(C)CCOC)NCC. The van der Waals surface area contributed by atoms with Crippen LogP contribution in [0.1, 0.15) is 26.2 Å². The fourth-order valence-corrected chi connectivity index (χ4v) is 1.93. The van der Waals surface area contributed by atoms with Crippen LogP contribution in [0.4, 0.5) is 0 Å². The van der Waals surface area contributed by atoms with E-state index in [9.17, 15) is 0 Å². The van der Waals surface area contributed by atoms with Gasteiger partial charge in [0.1, 0.15) is 0 Å². The predicted molar refractivity (Wildman–Crippen MR) is 92.0 cm³/mol. The van der Waals surface area contributed by atoms with Crippen LogP contribution >= 0.6 is 0 Å². The molecule has 21 heavy (non-hydrogen) atoms. The Bertz CT molecular complexity index is 281. The van der Waals surface area contributed by atoms with Crippen molar-refractivity contribution in [2.45, 2.75) is 26.2 Å². The van der Waals surface area contributed by atoms with Crippen LogP contribution in [0.15, 0.2) is 17.6 Å². The van der Waals surface area contributed by atoms with E-state index in [0.29, 0.717) is 0 Å². The molecule has 5 nitrogen and oxygen atoms in total. The average Bonchev–Trinajstić information content (AvgIpc) is 2.48. The number of aliphatic imine (C=N–C) groups is 1. The van der Waals surface area contributed by atoms with Crippen molar-refractivity contribution < 1.29 is 4.74 Å². The molecule has 0 atom stereocenters. The maximum absolute atomic E-state index is 5.07. The van der Waals surface area contributed by atoms with Gasteiger partial charge in [-0.3, -0.25) is 4.99 Å². The van der Waals surface area contributed by atoms with Crippen LogP contribution in [0.5, 0.6) is 0 Å². The van der Waals surface area contributed by atoms with E-state index in [4.69, 9.17) is 9.73 Å². The number of methoxy groups -OCH3 is 1. The minimum Gasteiger partial charge on any atom is -0.383 e. The van der Waals surface area contributed by atoms with E-state index in [1.54, 1.807) is 7.11 Å². The number of unbranched alkanes of at least 4 members (excludes halogenated alkanes) is 1. The largest absolute Gasteiger partial charge is 0.383 e. The molecule has 0 spiro atoms. The number of ether oxygens (including phenoxy) is 1. The average molecular weight is 298 g/mol. The number of nitrogens with zero attached hydrogens (tertiary/aromatic N) is 3. The van der Waals surface area contributed by atoms with Gasteiger partial charge >= 0.3 is 0 Å². The van der Waals surface area contributed by atoms with E-state index in [0.717, 1.165) is 64.6 Å². The van der Waals surface area contributed by atoms with Crippen LogP contribution in [0.2, 0.25) is 0 Å². The second kappa shape index (κ2) is 13.9. The van der Waals surface area contributed by atoms with E-state index < -0.39 is 0 Å². The molecule has 5 heteroatoms. The molecule has 0 rings (SSSR count). The third kappa shape index (κ3) is 11.3. The number of rotatable bonds is 12. The molecule has 0 amide bonds. The van der Waals surface area contributed by atoms with Gasteiger partial charge in [0, 0.05) is 40.3 Å². The van der Waals surface area contributed by atoms with Gasteiger partial charge in [-0.15, -0.1) is 6.58 Å². The van der Waals surface area contributed by atoms with E-state index in [1.807, 2.05) is 6.08 Å². The predicted octanol–water partition coefficient (Wildman–Crippen LogP) is 1.82. The second-order valence-electron chi connectivity index (χ2n) is 5.24.